The molecule has 0 radical (unpaired) electrons. The van der Waals surface area contributed by atoms with E-state index in [1.165, 1.54) is 16.3 Å². The second-order valence-electron chi connectivity index (χ2n) is 5.60. The van der Waals surface area contributed by atoms with Gasteiger partial charge in [0.25, 0.3) is 5.56 Å². The molecule has 0 unspecified atom stereocenters. The maximum absolute atomic E-state index is 12.4. The molecule has 1 aromatic heterocycles. The molecule has 0 saturated heterocycles. The van der Waals surface area contributed by atoms with Gasteiger partial charge in [-0.1, -0.05) is 49.0 Å². The summed E-state index contributed by atoms with van der Waals surface area (Å²) in [6, 6.07) is 9.54. The Morgan fingerprint density at radius 2 is 2.17 bits per heavy atom. The summed E-state index contributed by atoms with van der Waals surface area (Å²) in [4.78, 5) is 29.6. The fourth-order valence-electron chi connectivity index (χ4n) is 2.41. The van der Waals surface area contributed by atoms with Gasteiger partial charge in [0.05, 0.1) is 16.3 Å². The Labute approximate surface area is 148 Å². The van der Waals surface area contributed by atoms with E-state index in [1.54, 1.807) is 18.8 Å². The maximum atomic E-state index is 12.4. The third kappa shape index (κ3) is 3.84. The lowest BCUT2D eigenvalue weighted by molar-refractivity contribution is -0.141. The van der Waals surface area contributed by atoms with Gasteiger partial charge in [-0.3, -0.25) is 14.2 Å². The second-order valence-corrected chi connectivity index (χ2v) is 7.99. The summed E-state index contributed by atoms with van der Waals surface area (Å²) in [5.41, 5.74) is 1.76. The normalized spacial score (nSPS) is 16.0. The average molecular weight is 362 g/mol. The van der Waals surface area contributed by atoms with Gasteiger partial charge in [-0.25, -0.2) is 4.98 Å². The number of aromatic nitrogens is 2. The van der Waals surface area contributed by atoms with Crippen LogP contribution in [-0.2, 0) is 29.6 Å². The molecular formula is C17H18N2O3S2. The molecule has 24 heavy (non-hydrogen) atoms. The topological polar surface area (TPSA) is 61.2 Å². The number of nitrogens with zero attached hydrogens (tertiary/aromatic N) is 2. The summed E-state index contributed by atoms with van der Waals surface area (Å²) in [6.45, 7) is 2.34. The Hall–Kier alpha value is -1.73. The first-order valence-corrected chi connectivity index (χ1v) is 9.50. The Bertz CT molecular complexity index is 805. The average Bonchev–Trinajstić information content (AvgIpc) is 2.96. The van der Waals surface area contributed by atoms with Crippen molar-refractivity contribution < 1.29 is 9.53 Å². The zero-order valence-electron chi connectivity index (χ0n) is 13.5. The summed E-state index contributed by atoms with van der Waals surface area (Å²) < 4.78 is 6.76. The Balaban J connectivity index is 1.61. The van der Waals surface area contributed by atoms with Gasteiger partial charge >= 0.3 is 5.97 Å². The minimum atomic E-state index is -0.318. The molecule has 0 bridgehead atoms. The summed E-state index contributed by atoms with van der Waals surface area (Å²) in [7, 11) is 1.69. The lowest BCUT2D eigenvalue weighted by atomic mass is 10.2. The van der Waals surface area contributed by atoms with Crippen LogP contribution in [0.15, 0.2) is 45.2 Å². The van der Waals surface area contributed by atoms with Crippen LogP contribution in [0.4, 0.5) is 0 Å². The molecule has 0 aliphatic carbocycles. The number of ether oxygens (including phenoxy) is 1. The van der Waals surface area contributed by atoms with Gasteiger partial charge in [-0.15, -0.1) is 11.8 Å². The van der Waals surface area contributed by atoms with Crippen LogP contribution >= 0.6 is 23.5 Å². The van der Waals surface area contributed by atoms with Crippen LogP contribution in [0, 0.1) is 0 Å². The van der Waals surface area contributed by atoms with E-state index in [4.69, 9.17) is 4.74 Å². The van der Waals surface area contributed by atoms with Crippen LogP contribution in [0.2, 0.25) is 0 Å². The molecule has 2 heterocycles. The standard InChI is InChI=1S/C17H18N2O3S2/c1-11-8-13-15(24-11)16(21)19(2)17(18-13)23-10-14(20)22-9-12-6-4-3-5-7-12/h3-7,11H,8-10H2,1-2H3/t11-/m0/s1. The number of benzene rings is 1. The lowest BCUT2D eigenvalue weighted by Gasteiger charge is -2.09. The quantitative estimate of drug-likeness (QED) is 0.463. The largest absolute Gasteiger partial charge is 0.460 e. The SMILES string of the molecule is C[C@H]1Cc2nc(SCC(=O)OCc3ccccc3)n(C)c(=O)c2S1. The third-order valence-electron chi connectivity index (χ3n) is 3.64. The van der Waals surface area contributed by atoms with E-state index >= 15 is 0 Å². The Kier molecular flexibility index (Phi) is 5.30. The molecule has 7 heteroatoms. The van der Waals surface area contributed by atoms with Crippen molar-refractivity contribution in [1.82, 2.24) is 9.55 Å². The third-order valence-corrected chi connectivity index (χ3v) is 5.86. The second kappa shape index (κ2) is 7.44. The summed E-state index contributed by atoms with van der Waals surface area (Å²) >= 11 is 2.81. The highest BCUT2D eigenvalue weighted by atomic mass is 32.2. The van der Waals surface area contributed by atoms with Gasteiger partial charge in [0.2, 0.25) is 0 Å². The van der Waals surface area contributed by atoms with Gasteiger partial charge in [0, 0.05) is 18.7 Å². The fourth-order valence-corrected chi connectivity index (χ4v) is 4.34. The first-order chi connectivity index (χ1) is 11.5. The first kappa shape index (κ1) is 17.1. The summed E-state index contributed by atoms with van der Waals surface area (Å²) in [6.07, 6.45) is 0.794. The fraction of sp³-hybridized carbons (Fsp3) is 0.353. The van der Waals surface area contributed by atoms with Crippen molar-refractivity contribution in [3.63, 3.8) is 0 Å². The van der Waals surface area contributed by atoms with Gasteiger partial charge in [0.15, 0.2) is 5.16 Å². The number of esters is 1. The molecule has 0 spiro atoms. The molecule has 0 amide bonds. The number of fused-ring (bicyclic) bond motifs is 1. The zero-order chi connectivity index (χ0) is 17.1. The minimum absolute atomic E-state index is 0.0329. The van der Waals surface area contributed by atoms with Crippen LogP contribution < -0.4 is 5.56 Å². The van der Waals surface area contributed by atoms with E-state index in [9.17, 15) is 9.59 Å². The molecule has 2 aromatic rings. The highest BCUT2D eigenvalue weighted by Gasteiger charge is 2.25. The molecule has 0 saturated carbocycles. The predicted molar refractivity (Wildman–Crippen MR) is 95.5 cm³/mol. The molecule has 1 aliphatic rings. The molecule has 0 N–H and O–H groups in total. The van der Waals surface area contributed by atoms with Crippen LogP contribution in [-0.4, -0.2) is 26.5 Å². The lowest BCUT2D eigenvalue weighted by Crippen LogP contribution is -2.22. The highest BCUT2D eigenvalue weighted by molar-refractivity contribution is 8.00. The number of thioether (sulfide) groups is 2. The van der Waals surface area contributed by atoms with Crippen molar-refractivity contribution >= 4 is 29.5 Å². The highest BCUT2D eigenvalue weighted by Crippen LogP contribution is 2.33. The summed E-state index contributed by atoms with van der Waals surface area (Å²) in [5.74, 6) is -0.185. The molecular weight excluding hydrogens is 344 g/mol. The van der Waals surface area contributed by atoms with Crippen LogP contribution in [0.3, 0.4) is 0 Å². The molecule has 3 rings (SSSR count). The first-order valence-electron chi connectivity index (χ1n) is 7.63. The Morgan fingerprint density at radius 1 is 1.42 bits per heavy atom. The van der Waals surface area contributed by atoms with Gasteiger partial charge < -0.3 is 4.74 Å². The number of rotatable bonds is 5. The smallest absolute Gasteiger partial charge is 0.316 e. The van der Waals surface area contributed by atoms with E-state index in [0.717, 1.165) is 22.6 Å². The molecule has 1 atom stereocenters. The molecule has 1 aromatic carbocycles. The molecule has 1 aliphatic heterocycles. The number of hydrogen-bond donors (Lipinski definition) is 0. The van der Waals surface area contributed by atoms with E-state index in [1.807, 2.05) is 30.3 Å². The summed E-state index contributed by atoms with van der Waals surface area (Å²) in [5, 5.41) is 0.932. The minimum Gasteiger partial charge on any atom is -0.460 e. The Morgan fingerprint density at radius 3 is 2.92 bits per heavy atom. The molecule has 0 fully saturated rings. The van der Waals surface area contributed by atoms with Crippen molar-refractivity contribution in [2.45, 2.75) is 35.3 Å². The van der Waals surface area contributed by atoms with Gasteiger partial charge in [-0.05, 0) is 5.56 Å². The number of carbonyl (C=O) groups is 1. The molecule has 126 valence electrons. The monoisotopic (exact) mass is 362 g/mol. The van der Waals surface area contributed by atoms with Crippen molar-refractivity contribution in [2.24, 2.45) is 7.05 Å². The number of carbonyl (C=O) groups excluding carboxylic acids is 1. The van der Waals surface area contributed by atoms with E-state index in [2.05, 4.69) is 11.9 Å². The van der Waals surface area contributed by atoms with Crippen LogP contribution in [0.5, 0.6) is 0 Å². The van der Waals surface area contributed by atoms with Crippen LogP contribution in [0.1, 0.15) is 18.2 Å². The van der Waals surface area contributed by atoms with Crippen molar-refractivity contribution in [1.29, 1.82) is 0 Å². The van der Waals surface area contributed by atoms with Crippen LogP contribution in [0.25, 0.3) is 0 Å². The zero-order valence-corrected chi connectivity index (χ0v) is 15.2. The van der Waals surface area contributed by atoms with Crippen molar-refractivity contribution in [3.8, 4) is 0 Å². The van der Waals surface area contributed by atoms with Gasteiger partial charge in [0.1, 0.15) is 6.61 Å². The van der Waals surface area contributed by atoms with E-state index in [0.29, 0.717) is 10.4 Å². The van der Waals surface area contributed by atoms with E-state index < -0.39 is 0 Å². The predicted octanol–water partition coefficient (Wildman–Crippen LogP) is 2.65. The maximum Gasteiger partial charge on any atom is 0.316 e. The number of hydrogen-bond acceptors (Lipinski definition) is 6. The molecule has 5 nitrogen and oxygen atoms in total. The van der Waals surface area contributed by atoms with E-state index in [-0.39, 0.29) is 23.9 Å². The van der Waals surface area contributed by atoms with Gasteiger partial charge in [-0.2, -0.15) is 0 Å². The van der Waals surface area contributed by atoms with Crippen molar-refractivity contribution in [3.05, 3.63) is 51.9 Å². The van der Waals surface area contributed by atoms with Crippen molar-refractivity contribution in [2.75, 3.05) is 5.75 Å².